The zero-order valence-corrected chi connectivity index (χ0v) is 23.9. The fourth-order valence-corrected chi connectivity index (χ4v) is 9.17. The maximum Gasteiger partial charge on any atom is 0.264 e. The molecule has 1 saturated heterocycles. The van der Waals surface area contributed by atoms with Gasteiger partial charge < -0.3 is 10.2 Å². The number of hydrogen-bond donors (Lipinski definition) is 1. The number of nitrogens with one attached hydrogen (secondary N) is 1. The first-order chi connectivity index (χ1) is 19.2. The van der Waals surface area contributed by atoms with Crippen molar-refractivity contribution in [1.29, 1.82) is 0 Å². The lowest BCUT2D eigenvalue weighted by atomic mass is 9.68. The number of benzene rings is 2. The number of likely N-dealkylation sites (tertiary alicyclic amines) is 1. The van der Waals surface area contributed by atoms with Crippen LogP contribution in [0.1, 0.15) is 80.6 Å². The second-order valence-electron chi connectivity index (χ2n) is 12.1. The SMILES string of the molecule is CC(=O)N1CCC2(CC1)c1cc(C(=O)NCC3CCCCC3)ccc1N(S(=O)(=O)c1ccc(F)cc1)C2C1CC1. The Labute approximate surface area is 236 Å². The standard InChI is InChI=1S/C31H38FN3O4S/c1-21(36)34-17-15-31(16-18-34)27-19-24(30(37)33-20-22-5-3-2-4-6-22)9-14-28(27)35(29(31)23-7-8-23)40(38,39)26-12-10-25(32)11-13-26/h9-14,19,22-23,29H,2-8,15-18,20H2,1H3,(H,33,37). The number of halogens is 1. The molecule has 3 fully saturated rings. The lowest BCUT2D eigenvalue weighted by Gasteiger charge is -2.45. The fraction of sp³-hybridized carbons (Fsp3) is 0.548. The fourth-order valence-electron chi connectivity index (χ4n) is 7.37. The third-order valence-electron chi connectivity index (χ3n) is 9.67. The average Bonchev–Trinajstić information content (AvgIpc) is 3.76. The highest BCUT2D eigenvalue weighted by atomic mass is 32.2. The highest BCUT2D eigenvalue weighted by Gasteiger charge is 2.60. The van der Waals surface area contributed by atoms with Crippen LogP contribution in [0.2, 0.25) is 0 Å². The summed E-state index contributed by atoms with van der Waals surface area (Å²) in [5.41, 5.74) is 1.51. The second kappa shape index (κ2) is 10.5. The minimum atomic E-state index is -4.00. The summed E-state index contributed by atoms with van der Waals surface area (Å²) in [6.07, 6.45) is 9.08. The minimum absolute atomic E-state index is 0.0164. The number of nitrogens with zero attached hydrogens (tertiary/aromatic N) is 2. The molecule has 0 bridgehead atoms. The van der Waals surface area contributed by atoms with E-state index in [0.717, 1.165) is 31.2 Å². The molecule has 0 aromatic heterocycles. The normalized spacial score (nSPS) is 22.8. The lowest BCUT2D eigenvalue weighted by Crippen LogP contribution is -2.54. The highest BCUT2D eigenvalue weighted by Crippen LogP contribution is 2.59. The molecule has 2 aromatic rings. The molecule has 2 aliphatic carbocycles. The average molecular weight is 568 g/mol. The van der Waals surface area contributed by atoms with Crippen molar-refractivity contribution in [3.8, 4) is 0 Å². The van der Waals surface area contributed by atoms with E-state index in [9.17, 15) is 22.4 Å². The maximum absolute atomic E-state index is 14.2. The molecule has 7 nitrogen and oxygen atoms in total. The number of anilines is 1. The third kappa shape index (κ3) is 4.80. The van der Waals surface area contributed by atoms with Gasteiger partial charge in [-0.3, -0.25) is 13.9 Å². The zero-order chi connectivity index (χ0) is 28.1. The number of carbonyl (C=O) groups excluding carboxylic acids is 2. The molecular weight excluding hydrogens is 529 g/mol. The van der Waals surface area contributed by atoms with E-state index in [-0.39, 0.29) is 28.7 Å². The largest absolute Gasteiger partial charge is 0.352 e. The van der Waals surface area contributed by atoms with E-state index in [1.54, 1.807) is 23.4 Å². The van der Waals surface area contributed by atoms with Crippen molar-refractivity contribution >= 4 is 27.5 Å². The predicted octanol–water partition coefficient (Wildman–Crippen LogP) is 5.00. The summed E-state index contributed by atoms with van der Waals surface area (Å²) in [5, 5.41) is 3.13. The zero-order valence-electron chi connectivity index (χ0n) is 23.1. The summed E-state index contributed by atoms with van der Waals surface area (Å²) >= 11 is 0. The van der Waals surface area contributed by atoms with Gasteiger partial charge in [-0.15, -0.1) is 0 Å². The van der Waals surface area contributed by atoms with Gasteiger partial charge in [0.15, 0.2) is 0 Å². The Morgan fingerprint density at radius 3 is 2.27 bits per heavy atom. The molecule has 2 aromatic carbocycles. The summed E-state index contributed by atoms with van der Waals surface area (Å²) in [5.74, 6) is 0.0895. The number of amides is 2. The number of rotatable bonds is 6. The van der Waals surface area contributed by atoms with Crippen molar-refractivity contribution < 1.29 is 22.4 Å². The Hall–Kier alpha value is -2.94. The summed E-state index contributed by atoms with van der Waals surface area (Å²) < 4.78 is 43.7. The van der Waals surface area contributed by atoms with Crippen molar-refractivity contribution in [3.63, 3.8) is 0 Å². The van der Waals surface area contributed by atoms with Crippen molar-refractivity contribution in [3.05, 3.63) is 59.4 Å². The van der Waals surface area contributed by atoms with E-state index >= 15 is 0 Å². The van der Waals surface area contributed by atoms with Crippen LogP contribution in [-0.2, 0) is 20.2 Å². The Morgan fingerprint density at radius 1 is 0.975 bits per heavy atom. The van der Waals surface area contributed by atoms with Crippen LogP contribution >= 0.6 is 0 Å². The van der Waals surface area contributed by atoms with E-state index < -0.39 is 21.3 Å². The van der Waals surface area contributed by atoms with Crippen LogP contribution in [0.15, 0.2) is 47.4 Å². The number of fused-ring (bicyclic) bond motifs is 2. The molecule has 1 N–H and O–H groups in total. The van der Waals surface area contributed by atoms with Gasteiger partial charge in [-0.2, -0.15) is 0 Å². The van der Waals surface area contributed by atoms with Gasteiger partial charge in [-0.1, -0.05) is 19.3 Å². The van der Waals surface area contributed by atoms with E-state index in [1.807, 2.05) is 11.0 Å². The molecule has 2 heterocycles. The molecule has 1 spiro atoms. The molecule has 40 heavy (non-hydrogen) atoms. The molecule has 1 atom stereocenters. The Balaban J connectivity index is 1.40. The maximum atomic E-state index is 14.2. The van der Waals surface area contributed by atoms with Crippen molar-refractivity contribution in [2.45, 2.75) is 81.1 Å². The van der Waals surface area contributed by atoms with Crippen LogP contribution in [-0.4, -0.2) is 50.8 Å². The number of hydrogen-bond acceptors (Lipinski definition) is 4. The van der Waals surface area contributed by atoms with Gasteiger partial charge in [0.2, 0.25) is 5.91 Å². The first-order valence-electron chi connectivity index (χ1n) is 14.7. The van der Waals surface area contributed by atoms with Crippen LogP contribution < -0.4 is 9.62 Å². The van der Waals surface area contributed by atoms with Crippen LogP contribution in [0.25, 0.3) is 0 Å². The van der Waals surface area contributed by atoms with Crippen molar-refractivity contribution in [2.75, 3.05) is 23.9 Å². The van der Waals surface area contributed by atoms with E-state index in [2.05, 4.69) is 5.32 Å². The van der Waals surface area contributed by atoms with E-state index in [1.165, 1.54) is 43.5 Å². The predicted molar refractivity (Wildman–Crippen MR) is 151 cm³/mol. The van der Waals surface area contributed by atoms with Crippen LogP contribution in [0.5, 0.6) is 0 Å². The summed E-state index contributed by atoms with van der Waals surface area (Å²) in [6, 6.07) is 10.1. The van der Waals surface area contributed by atoms with Crippen molar-refractivity contribution in [2.24, 2.45) is 11.8 Å². The smallest absolute Gasteiger partial charge is 0.264 e. The third-order valence-corrected chi connectivity index (χ3v) is 11.5. The molecule has 4 aliphatic rings. The molecule has 2 amide bonds. The summed E-state index contributed by atoms with van der Waals surface area (Å²) in [7, 11) is -4.00. The molecule has 6 rings (SSSR count). The first kappa shape index (κ1) is 27.2. The van der Waals surface area contributed by atoms with E-state index in [0.29, 0.717) is 49.6 Å². The van der Waals surface area contributed by atoms with Gasteiger partial charge in [0.25, 0.3) is 15.9 Å². The van der Waals surface area contributed by atoms with Gasteiger partial charge in [-0.25, -0.2) is 12.8 Å². The lowest BCUT2D eigenvalue weighted by molar-refractivity contribution is -0.130. The molecule has 0 radical (unpaired) electrons. The Bertz CT molecular complexity index is 1390. The minimum Gasteiger partial charge on any atom is -0.352 e. The summed E-state index contributed by atoms with van der Waals surface area (Å²) in [6.45, 7) is 3.31. The van der Waals surface area contributed by atoms with Crippen molar-refractivity contribution in [1.82, 2.24) is 10.2 Å². The Morgan fingerprint density at radius 2 is 1.65 bits per heavy atom. The van der Waals surface area contributed by atoms with Gasteiger partial charge >= 0.3 is 0 Å². The topological polar surface area (TPSA) is 86.8 Å². The number of sulfonamides is 1. The van der Waals surface area contributed by atoms with Crippen LogP contribution in [0.3, 0.4) is 0 Å². The van der Waals surface area contributed by atoms with E-state index in [4.69, 9.17) is 0 Å². The quantitative estimate of drug-likeness (QED) is 0.532. The number of piperidine rings is 1. The molecule has 2 saturated carbocycles. The first-order valence-corrected chi connectivity index (χ1v) is 16.1. The Kier molecular flexibility index (Phi) is 7.13. The van der Waals surface area contributed by atoms with Crippen LogP contribution in [0, 0.1) is 17.7 Å². The monoisotopic (exact) mass is 567 g/mol. The summed E-state index contributed by atoms with van der Waals surface area (Å²) in [4.78, 5) is 27.4. The highest BCUT2D eigenvalue weighted by molar-refractivity contribution is 7.92. The van der Waals surface area contributed by atoms with Gasteiger partial charge in [0.1, 0.15) is 5.82 Å². The van der Waals surface area contributed by atoms with Gasteiger partial charge in [-0.05, 0) is 98.4 Å². The molecule has 1 unspecified atom stereocenters. The van der Waals surface area contributed by atoms with Gasteiger partial charge in [0, 0.05) is 37.5 Å². The number of carbonyl (C=O) groups is 2. The molecule has 9 heteroatoms. The molecule has 2 aliphatic heterocycles. The van der Waals surface area contributed by atoms with Crippen LogP contribution in [0.4, 0.5) is 10.1 Å². The van der Waals surface area contributed by atoms with Gasteiger partial charge in [0.05, 0.1) is 16.6 Å². The second-order valence-corrected chi connectivity index (χ2v) is 14.0. The molecule has 214 valence electrons. The molecular formula is C31H38FN3O4S.